The van der Waals surface area contributed by atoms with E-state index in [9.17, 15) is 19.5 Å². The number of esters is 3. The van der Waals surface area contributed by atoms with Crippen LogP contribution in [0.3, 0.4) is 0 Å². The summed E-state index contributed by atoms with van der Waals surface area (Å²) in [5, 5.41) is 9.84. The van der Waals surface area contributed by atoms with Crippen LogP contribution < -0.4 is 9.47 Å². The highest BCUT2D eigenvalue weighted by Gasteiger charge is 2.49. The second-order valence-electron chi connectivity index (χ2n) is 14.2. The van der Waals surface area contributed by atoms with Crippen molar-refractivity contribution >= 4 is 17.9 Å². The zero-order valence-corrected chi connectivity index (χ0v) is 28.3. The van der Waals surface area contributed by atoms with Gasteiger partial charge in [0.05, 0.1) is 10.8 Å². The topological polar surface area (TPSA) is 108 Å². The lowest BCUT2D eigenvalue weighted by molar-refractivity contribution is -0.173. The number of hydrogen-bond acceptors (Lipinski definition) is 8. The molecule has 0 bridgehead atoms. The summed E-state index contributed by atoms with van der Waals surface area (Å²) in [6.45, 7) is 11.2. The van der Waals surface area contributed by atoms with Gasteiger partial charge in [0.1, 0.15) is 28.4 Å². The Morgan fingerprint density at radius 2 is 1.53 bits per heavy atom. The zero-order chi connectivity index (χ0) is 34.0. The first-order valence-corrected chi connectivity index (χ1v) is 16.5. The number of rotatable bonds is 11. The Balaban J connectivity index is 1.43. The van der Waals surface area contributed by atoms with Crippen molar-refractivity contribution in [3.8, 4) is 17.2 Å². The van der Waals surface area contributed by atoms with E-state index in [0.29, 0.717) is 31.4 Å². The van der Waals surface area contributed by atoms with E-state index < -0.39 is 40.1 Å². The molecule has 250 valence electrons. The van der Waals surface area contributed by atoms with Gasteiger partial charge in [-0.1, -0.05) is 62.4 Å². The third-order valence-electron chi connectivity index (χ3n) is 9.92. The molecule has 1 N–H and O–H groups in total. The van der Waals surface area contributed by atoms with Crippen molar-refractivity contribution in [3.05, 3.63) is 89.5 Å². The molecule has 1 heterocycles. The van der Waals surface area contributed by atoms with Crippen LogP contribution in [0.1, 0.15) is 114 Å². The Morgan fingerprint density at radius 1 is 0.872 bits per heavy atom. The number of phenolic OH excluding ortho intramolecular Hbond substituents is 1. The van der Waals surface area contributed by atoms with E-state index in [-0.39, 0.29) is 29.4 Å². The molecule has 0 aromatic heterocycles. The Morgan fingerprint density at radius 3 is 2.17 bits per heavy atom. The molecule has 3 atom stereocenters. The van der Waals surface area contributed by atoms with Crippen LogP contribution in [0.4, 0.5) is 0 Å². The molecule has 0 radical (unpaired) electrons. The first kappa shape index (κ1) is 34.0. The monoisotopic (exact) mass is 642 g/mol. The van der Waals surface area contributed by atoms with Gasteiger partial charge in [-0.05, 0) is 101 Å². The third kappa shape index (κ3) is 7.16. The third-order valence-corrected chi connectivity index (χ3v) is 9.92. The maximum atomic E-state index is 14.3. The minimum Gasteiger partial charge on any atom is -0.508 e. The summed E-state index contributed by atoms with van der Waals surface area (Å²) in [6.07, 6.45) is 3.91. The van der Waals surface area contributed by atoms with Crippen molar-refractivity contribution in [1.82, 2.24) is 0 Å². The molecule has 1 aliphatic heterocycles. The van der Waals surface area contributed by atoms with Gasteiger partial charge < -0.3 is 24.1 Å². The largest absolute Gasteiger partial charge is 0.508 e. The SMILES string of the molecule is CCC(C)(CC(C)(CC(C)c1ccc(O)cc1)C(=O)OC(C)(C)c1ccccc1)C(=O)Oc1cccc2c1C(=O)OC1(CCCC1)O2. The Bertz CT molecular complexity index is 1610. The van der Waals surface area contributed by atoms with Crippen molar-refractivity contribution in [2.75, 3.05) is 0 Å². The molecule has 47 heavy (non-hydrogen) atoms. The smallest absolute Gasteiger partial charge is 0.349 e. The molecule has 8 heteroatoms. The van der Waals surface area contributed by atoms with E-state index in [1.807, 2.05) is 77.1 Å². The fourth-order valence-electron chi connectivity index (χ4n) is 6.94. The lowest BCUT2D eigenvalue weighted by Crippen LogP contribution is -2.44. The molecule has 3 unspecified atom stereocenters. The summed E-state index contributed by atoms with van der Waals surface area (Å²) in [4.78, 5) is 41.7. The molecule has 3 aromatic carbocycles. The van der Waals surface area contributed by atoms with Crippen molar-refractivity contribution < 1.29 is 38.4 Å². The molecule has 0 amide bonds. The van der Waals surface area contributed by atoms with Gasteiger partial charge in [0.15, 0.2) is 0 Å². The van der Waals surface area contributed by atoms with Crippen molar-refractivity contribution in [1.29, 1.82) is 0 Å². The highest BCUT2D eigenvalue weighted by molar-refractivity contribution is 5.98. The maximum Gasteiger partial charge on any atom is 0.349 e. The number of ether oxygens (including phenoxy) is 4. The number of hydrogen-bond donors (Lipinski definition) is 1. The number of phenols is 1. The van der Waals surface area contributed by atoms with E-state index >= 15 is 0 Å². The highest BCUT2D eigenvalue weighted by atomic mass is 16.7. The summed E-state index contributed by atoms with van der Waals surface area (Å²) in [6, 6.07) is 21.4. The van der Waals surface area contributed by atoms with Crippen LogP contribution in [0.15, 0.2) is 72.8 Å². The van der Waals surface area contributed by atoms with Crippen LogP contribution in [0.5, 0.6) is 17.2 Å². The first-order valence-electron chi connectivity index (χ1n) is 16.5. The van der Waals surface area contributed by atoms with Gasteiger partial charge >= 0.3 is 17.9 Å². The van der Waals surface area contributed by atoms with Gasteiger partial charge in [-0.3, -0.25) is 9.59 Å². The van der Waals surface area contributed by atoms with Crippen molar-refractivity contribution in [3.63, 3.8) is 0 Å². The van der Waals surface area contributed by atoms with Crippen LogP contribution in [0, 0.1) is 10.8 Å². The van der Waals surface area contributed by atoms with Gasteiger partial charge in [0.25, 0.3) is 5.79 Å². The second-order valence-corrected chi connectivity index (χ2v) is 14.2. The molecule has 1 spiro atoms. The van der Waals surface area contributed by atoms with Crippen LogP contribution in [-0.2, 0) is 24.7 Å². The molecule has 1 saturated carbocycles. The average molecular weight is 643 g/mol. The number of fused-ring (bicyclic) bond motifs is 1. The molecule has 0 saturated heterocycles. The van der Waals surface area contributed by atoms with Crippen LogP contribution in [0.2, 0.25) is 0 Å². The van der Waals surface area contributed by atoms with Gasteiger partial charge in [-0.2, -0.15) is 0 Å². The van der Waals surface area contributed by atoms with E-state index in [4.69, 9.17) is 18.9 Å². The Labute approximate surface area is 277 Å². The Hall–Kier alpha value is -4.33. The average Bonchev–Trinajstić information content (AvgIpc) is 3.47. The van der Waals surface area contributed by atoms with E-state index in [1.54, 1.807) is 37.3 Å². The number of carbonyl (C=O) groups excluding carboxylic acids is 3. The molecule has 1 aliphatic carbocycles. The maximum absolute atomic E-state index is 14.3. The van der Waals surface area contributed by atoms with Gasteiger partial charge in [-0.15, -0.1) is 0 Å². The fraction of sp³-hybridized carbons (Fsp3) is 0.462. The molecule has 2 aliphatic rings. The number of benzene rings is 3. The molecule has 5 rings (SSSR count). The van der Waals surface area contributed by atoms with E-state index in [1.165, 1.54) is 0 Å². The predicted octanol–water partition coefficient (Wildman–Crippen LogP) is 8.60. The Kier molecular flexibility index (Phi) is 9.45. The summed E-state index contributed by atoms with van der Waals surface area (Å²) < 4.78 is 24.2. The van der Waals surface area contributed by atoms with Crippen LogP contribution >= 0.6 is 0 Å². The normalized spacial score (nSPS) is 18.6. The quantitative estimate of drug-likeness (QED) is 0.164. The highest BCUT2D eigenvalue weighted by Crippen LogP contribution is 2.47. The molecule has 3 aromatic rings. The van der Waals surface area contributed by atoms with Crippen molar-refractivity contribution in [2.24, 2.45) is 10.8 Å². The van der Waals surface area contributed by atoms with E-state index in [2.05, 4.69) is 0 Å². The van der Waals surface area contributed by atoms with Gasteiger partial charge in [-0.25, -0.2) is 4.79 Å². The minimum absolute atomic E-state index is 0.0666. The molecule has 1 fully saturated rings. The van der Waals surface area contributed by atoms with Crippen molar-refractivity contribution in [2.45, 2.75) is 104 Å². The minimum atomic E-state index is -1.13. The standard InChI is InChI=1S/C39H46O8/c1-7-37(5,34(42)44-30-16-13-17-31-32(30)33(41)46-39(45-31)22-11-12-23-39)25-38(6,24-26(2)27-18-20-29(40)21-19-27)35(43)47-36(3,4)28-14-9-8-10-15-28/h8-10,13-21,26,40H,7,11-12,22-25H2,1-6H3. The predicted molar refractivity (Wildman–Crippen MR) is 177 cm³/mol. The second kappa shape index (κ2) is 13.1. The number of carbonyl (C=O) groups is 3. The summed E-state index contributed by atoms with van der Waals surface area (Å²) >= 11 is 0. The summed E-state index contributed by atoms with van der Waals surface area (Å²) in [5.41, 5.74) is -1.30. The van der Waals surface area contributed by atoms with Gasteiger partial charge in [0.2, 0.25) is 0 Å². The van der Waals surface area contributed by atoms with Crippen LogP contribution in [-0.4, -0.2) is 28.8 Å². The summed E-state index contributed by atoms with van der Waals surface area (Å²) in [5.74, 6) is -2.08. The van der Waals surface area contributed by atoms with Gasteiger partial charge in [0, 0.05) is 12.8 Å². The first-order chi connectivity index (χ1) is 22.2. The van der Waals surface area contributed by atoms with Crippen LogP contribution in [0.25, 0.3) is 0 Å². The summed E-state index contributed by atoms with van der Waals surface area (Å²) in [7, 11) is 0. The van der Waals surface area contributed by atoms with E-state index in [0.717, 1.165) is 24.0 Å². The number of aromatic hydroxyl groups is 1. The fourth-order valence-corrected chi connectivity index (χ4v) is 6.94. The molecular formula is C39H46O8. The molecular weight excluding hydrogens is 596 g/mol. The lowest BCUT2D eigenvalue weighted by atomic mass is 9.67. The lowest BCUT2D eigenvalue weighted by Gasteiger charge is -2.40. The molecule has 8 nitrogen and oxygen atoms in total. The zero-order valence-electron chi connectivity index (χ0n) is 28.3.